The highest BCUT2D eigenvalue weighted by molar-refractivity contribution is 6.31. The summed E-state index contributed by atoms with van der Waals surface area (Å²) in [6.45, 7) is 0.264. The summed E-state index contributed by atoms with van der Waals surface area (Å²) >= 11 is 6.03. The molecule has 7 nitrogen and oxygen atoms in total. The Morgan fingerprint density at radius 1 is 1.33 bits per heavy atom. The first-order chi connectivity index (χ1) is 11.5. The number of amides is 1. The number of nitrogens with zero attached hydrogens (tertiary/aromatic N) is 4. The number of nitrogens with two attached hydrogens (primary N) is 1. The third-order valence-corrected chi connectivity index (χ3v) is 3.54. The molecule has 122 valence electrons. The molecule has 1 amide bonds. The molecule has 2 aromatic heterocycles. The van der Waals surface area contributed by atoms with Crippen molar-refractivity contribution in [2.45, 2.75) is 6.54 Å². The van der Waals surface area contributed by atoms with Crippen molar-refractivity contribution in [1.29, 1.82) is 0 Å². The van der Waals surface area contributed by atoms with Gasteiger partial charge in [0.2, 0.25) is 0 Å². The highest BCUT2D eigenvalue weighted by Crippen LogP contribution is 2.19. The van der Waals surface area contributed by atoms with E-state index in [9.17, 15) is 9.18 Å². The van der Waals surface area contributed by atoms with E-state index in [1.165, 1.54) is 41.5 Å². The summed E-state index contributed by atoms with van der Waals surface area (Å²) in [6.07, 6.45) is 5.82. The van der Waals surface area contributed by atoms with Gasteiger partial charge in [0.15, 0.2) is 11.5 Å². The first kappa shape index (κ1) is 15.9. The normalized spacial score (nSPS) is 10.6. The zero-order valence-corrected chi connectivity index (χ0v) is 13.0. The zero-order valence-electron chi connectivity index (χ0n) is 12.3. The number of anilines is 2. The number of rotatable bonds is 4. The molecular formula is C15H12ClFN6O. The number of hydrogen-bond acceptors (Lipinski definition) is 5. The van der Waals surface area contributed by atoms with Crippen LogP contribution in [0.3, 0.4) is 0 Å². The molecule has 3 N–H and O–H groups in total. The van der Waals surface area contributed by atoms with E-state index in [2.05, 4.69) is 20.4 Å². The molecule has 9 heteroatoms. The van der Waals surface area contributed by atoms with E-state index < -0.39 is 5.91 Å². The van der Waals surface area contributed by atoms with Crippen molar-refractivity contribution >= 4 is 29.0 Å². The molecule has 0 aliphatic heterocycles. The van der Waals surface area contributed by atoms with E-state index in [-0.39, 0.29) is 23.9 Å². The second kappa shape index (κ2) is 6.63. The number of nitrogens with one attached hydrogen (secondary N) is 1. The number of carbonyl (C=O) groups is 1. The van der Waals surface area contributed by atoms with Crippen LogP contribution in [0, 0.1) is 5.82 Å². The quantitative estimate of drug-likeness (QED) is 0.755. The fraction of sp³-hybridized carbons (Fsp3) is 0.0667. The molecule has 0 bridgehead atoms. The Balaban J connectivity index is 1.73. The van der Waals surface area contributed by atoms with Crippen molar-refractivity contribution < 1.29 is 9.18 Å². The van der Waals surface area contributed by atoms with Gasteiger partial charge in [0.1, 0.15) is 5.82 Å². The fourth-order valence-corrected chi connectivity index (χ4v) is 2.24. The summed E-state index contributed by atoms with van der Waals surface area (Å²) in [4.78, 5) is 19.8. The maximum absolute atomic E-state index is 13.3. The summed E-state index contributed by atoms with van der Waals surface area (Å²) in [6, 6.07) is 4.10. The Labute approximate surface area is 141 Å². The van der Waals surface area contributed by atoms with Crippen LogP contribution < -0.4 is 11.1 Å². The number of nitrogen functional groups attached to an aromatic ring is 1. The van der Waals surface area contributed by atoms with Crippen molar-refractivity contribution in [2.24, 2.45) is 0 Å². The van der Waals surface area contributed by atoms with Gasteiger partial charge in [-0.15, -0.1) is 0 Å². The minimum atomic E-state index is -0.496. The molecule has 0 fully saturated rings. The van der Waals surface area contributed by atoms with Crippen molar-refractivity contribution in [3.63, 3.8) is 0 Å². The Hall–Kier alpha value is -3.00. The van der Waals surface area contributed by atoms with E-state index in [0.717, 1.165) is 0 Å². The number of aromatic nitrogens is 4. The third kappa shape index (κ3) is 3.49. The molecule has 3 rings (SSSR count). The first-order valence-electron chi connectivity index (χ1n) is 6.87. The van der Waals surface area contributed by atoms with E-state index in [1.54, 1.807) is 6.20 Å². The summed E-state index contributed by atoms with van der Waals surface area (Å²) in [5.74, 6) is -0.842. The molecule has 0 spiro atoms. The van der Waals surface area contributed by atoms with Gasteiger partial charge < -0.3 is 11.1 Å². The van der Waals surface area contributed by atoms with Crippen molar-refractivity contribution in [3.05, 3.63) is 65.1 Å². The van der Waals surface area contributed by atoms with Crippen LogP contribution in [-0.4, -0.2) is 25.7 Å². The maximum Gasteiger partial charge on any atom is 0.278 e. The van der Waals surface area contributed by atoms with Crippen LogP contribution in [0.25, 0.3) is 0 Å². The first-order valence-corrected chi connectivity index (χ1v) is 7.25. The summed E-state index contributed by atoms with van der Waals surface area (Å²) in [5, 5.41) is 7.16. The molecule has 0 saturated heterocycles. The van der Waals surface area contributed by atoms with Gasteiger partial charge in [-0.2, -0.15) is 5.10 Å². The van der Waals surface area contributed by atoms with E-state index in [0.29, 0.717) is 16.3 Å². The summed E-state index contributed by atoms with van der Waals surface area (Å²) in [7, 11) is 0. The van der Waals surface area contributed by atoms with Gasteiger partial charge in [-0.1, -0.05) is 11.6 Å². The number of carbonyl (C=O) groups excluding carboxylic acids is 1. The molecule has 0 atom stereocenters. The fourth-order valence-electron chi connectivity index (χ4n) is 2.07. The molecule has 3 aromatic rings. The SMILES string of the molecule is Nc1nccnc1C(=O)Nc1cnn(Cc2cc(F)ccc2Cl)c1. The monoisotopic (exact) mass is 346 g/mol. The Morgan fingerprint density at radius 3 is 2.92 bits per heavy atom. The summed E-state index contributed by atoms with van der Waals surface area (Å²) < 4.78 is 14.8. The van der Waals surface area contributed by atoms with Crippen LogP contribution in [0.5, 0.6) is 0 Å². The van der Waals surface area contributed by atoms with Gasteiger partial charge >= 0.3 is 0 Å². The van der Waals surface area contributed by atoms with Gasteiger partial charge in [0.25, 0.3) is 5.91 Å². The van der Waals surface area contributed by atoms with Crippen molar-refractivity contribution in [3.8, 4) is 0 Å². The lowest BCUT2D eigenvalue weighted by Gasteiger charge is -2.05. The van der Waals surface area contributed by atoms with Crippen LogP contribution in [0.2, 0.25) is 5.02 Å². The largest absolute Gasteiger partial charge is 0.382 e. The standard InChI is InChI=1S/C15H12ClFN6O/c16-12-2-1-10(17)5-9(12)7-23-8-11(6-21-23)22-15(24)13-14(18)20-4-3-19-13/h1-6,8H,7H2,(H2,18,20)(H,22,24). The maximum atomic E-state index is 13.3. The lowest BCUT2D eigenvalue weighted by molar-refractivity contribution is 0.102. The third-order valence-electron chi connectivity index (χ3n) is 3.17. The lowest BCUT2D eigenvalue weighted by Crippen LogP contribution is -2.16. The highest BCUT2D eigenvalue weighted by atomic mass is 35.5. The van der Waals surface area contributed by atoms with Crippen LogP contribution in [0.1, 0.15) is 16.1 Å². The molecule has 0 aliphatic carbocycles. The Bertz CT molecular complexity index is 897. The van der Waals surface area contributed by atoms with E-state index >= 15 is 0 Å². The van der Waals surface area contributed by atoms with Crippen molar-refractivity contribution in [1.82, 2.24) is 19.7 Å². The lowest BCUT2D eigenvalue weighted by atomic mass is 10.2. The number of benzene rings is 1. The van der Waals surface area contributed by atoms with Crippen LogP contribution in [0.4, 0.5) is 15.9 Å². The molecule has 2 heterocycles. The smallest absolute Gasteiger partial charge is 0.278 e. The minimum absolute atomic E-state index is 0.0263. The predicted molar refractivity (Wildman–Crippen MR) is 87.1 cm³/mol. The molecular weight excluding hydrogens is 335 g/mol. The molecule has 0 aliphatic rings. The number of halogens is 2. The zero-order chi connectivity index (χ0) is 17.1. The van der Waals surface area contributed by atoms with E-state index in [4.69, 9.17) is 17.3 Å². The second-order valence-electron chi connectivity index (χ2n) is 4.91. The second-order valence-corrected chi connectivity index (χ2v) is 5.31. The number of hydrogen-bond donors (Lipinski definition) is 2. The van der Waals surface area contributed by atoms with Gasteiger partial charge in [0.05, 0.1) is 18.4 Å². The molecule has 1 aromatic carbocycles. The summed E-state index contributed by atoms with van der Waals surface area (Å²) in [5.41, 5.74) is 6.66. The van der Waals surface area contributed by atoms with E-state index in [1.807, 2.05) is 0 Å². The van der Waals surface area contributed by atoms with Gasteiger partial charge in [-0.3, -0.25) is 9.48 Å². The minimum Gasteiger partial charge on any atom is -0.382 e. The average Bonchev–Trinajstić information content (AvgIpc) is 2.98. The van der Waals surface area contributed by atoms with Gasteiger partial charge in [-0.25, -0.2) is 14.4 Å². The average molecular weight is 347 g/mol. The van der Waals surface area contributed by atoms with Crippen LogP contribution >= 0.6 is 11.6 Å². The molecule has 0 unspecified atom stereocenters. The predicted octanol–water partition coefficient (Wildman–Crippen LogP) is 2.35. The molecule has 24 heavy (non-hydrogen) atoms. The Kier molecular flexibility index (Phi) is 4.39. The van der Waals surface area contributed by atoms with Crippen LogP contribution in [-0.2, 0) is 6.54 Å². The van der Waals surface area contributed by atoms with Crippen LogP contribution in [0.15, 0.2) is 43.0 Å². The molecule has 0 saturated carbocycles. The molecule has 0 radical (unpaired) electrons. The van der Waals surface area contributed by atoms with Crippen molar-refractivity contribution in [2.75, 3.05) is 11.1 Å². The highest BCUT2D eigenvalue weighted by Gasteiger charge is 2.13. The van der Waals surface area contributed by atoms with Gasteiger partial charge in [0, 0.05) is 23.6 Å². The topological polar surface area (TPSA) is 98.7 Å². The van der Waals surface area contributed by atoms with Gasteiger partial charge in [-0.05, 0) is 23.8 Å². The Morgan fingerprint density at radius 2 is 2.12 bits per heavy atom.